The number of nitrogens with one attached hydrogen (secondary N) is 1. The van der Waals surface area contributed by atoms with Gasteiger partial charge in [-0.15, -0.1) is 0 Å². The SMILES string of the molecule is CCN(CC)CCCNC(=O)c1ccc(N)cn1. The second kappa shape index (κ2) is 7.66. The lowest BCUT2D eigenvalue weighted by molar-refractivity contribution is 0.0947. The van der Waals surface area contributed by atoms with Crippen LogP contribution in [0.2, 0.25) is 0 Å². The van der Waals surface area contributed by atoms with Crippen LogP contribution in [-0.4, -0.2) is 42.0 Å². The maximum Gasteiger partial charge on any atom is 0.269 e. The molecule has 5 heteroatoms. The molecule has 0 aliphatic heterocycles. The topological polar surface area (TPSA) is 71.2 Å². The lowest BCUT2D eigenvalue weighted by atomic mass is 10.3. The summed E-state index contributed by atoms with van der Waals surface area (Å²) < 4.78 is 0. The van der Waals surface area contributed by atoms with Gasteiger partial charge in [0.15, 0.2) is 0 Å². The monoisotopic (exact) mass is 250 g/mol. The molecule has 0 saturated carbocycles. The molecule has 18 heavy (non-hydrogen) atoms. The smallest absolute Gasteiger partial charge is 0.269 e. The number of pyridine rings is 1. The van der Waals surface area contributed by atoms with Gasteiger partial charge in [-0.3, -0.25) is 4.79 Å². The van der Waals surface area contributed by atoms with Crippen LogP contribution in [-0.2, 0) is 0 Å². The number of amides is 1. The number of carbonyl (C=O) groups is 1. The highest BCUT2D eigenvalue weighted by Crippen LogP contribution is 2.00. The summed E-state index contributed by atoms with van der Waals surface area (Å²) in [4.78, 5) is 18.0. The van der Waals surface area contributed by atoms with Crippen molar-refractivity contribution in [2.75, 3.05) is 31.9 Å². The van der Waals surface area contributed by atoms with Crippen molar-refractivity contribution in [2.24, 2.45) is 0 Å². The van der Waals surface area contributed by atoms with E-state index in [9.17, 15) is 4.79 Å². The summed E-state index contributed by atoms with van der Waals surface area (Å²) in [5.74, 6) is -0.144. The molecule has 0 radical (unpaired) electrons. The number of hydrogen-bond acceptors (Lipinski definition) is 4. The Kier molecular flexibility index (Phi) is 6.14. The van der Waals surface area contributed by atoms with E-state index in [4.69, 9.17) is 5.73 Å². The van der Waals surface area contributed by atoms with Crippen molar-refractivity contribution >= 4 is 11.6 Å². The summed E-state index contributed by atoms with van der Waals surface area (Å²) >= 11 is 0. The minimum absolute atomic E-state index is 0.144. The first kappa shape index (κ1) is 14.4. The van der Waals surface area contributed by atoms with Gasteiger partial charge in [0.25, 0.3) is 5.91 Å². The minimum Gasteiger partial charge on any atom is -0.397 e. The van der Waals surface area contributed by atoms with Gasteiger partial charge in [-0.1, -0.05) is 13.8 Å². The van der Waals surface area contributed by atoms with E-state index >= 15 is 0 Å². The summed E-state index contributed by atoms with van der Waals surface area (Å²) in [5, 5.41) is 2.85. The van der Waals surface area contributed by atoms with Crippen LogP contribution in [0.5, 0.6) is 0 Å². The second-order valence-corrected chi connectivity index (χ2v) is 4.11. The standard InChI is InChI=1S/C13H22N4O/c1-3-17(4-2)9-5-8-15-13(18)12-7-6-11(14)10-16-12/h6-7,10H,3-5,8-9,14H2,1-2H3,(H,15,18). The zero-order valence-corrected chi connectivity index (χ0v) is 11.1. The number of hydrogen-bond donors (Lipinski definition) is 2. The van der Waals surface area contributed by atoms with Crippen molar-refractivity contribution in [2.45, 2.75) is 20.3 Å². The van der Waals surface area contributed by atoms with Crippen LogP contribution in [0.3, 0.4) is 0 Å². The molecule has 0 aliphatic rings. The van der Waals surface area contributed by atoms with E-state index < -0.39 is 0 Å². The Balaban J connectivity index is 2.27. The minimum atomic E-state index is -0.144. The Morgan fingerprint density at radius 1 is 1.39 bits per heavy atom. The van der Waals surface area contributed by atoms with E-state index in [0.29, 0.717) is 17.9 Å². The molecule has 3 N–H and O–H groups in total. The van der Waals surface area contributed by atoms with Crippen molar-refractivity contribution < 1.29 is 4.79 Å². The average molecular weight is 250 g/mol. The van der Waals surface area contributed by atoms with Crippen LogP contribution in [0.4, 0.5) is 5.69 Å². The summed E-state index contributed by atoms with van der Waals surface area (Å²) in [5.41, 5.74) is 6.48. The van der Waals surface area contributed by atoms with E-state index in [1.54, 1.807) is 12.1 Å². The zero-order chi connectivity index (χ0) is 13.4. The normalized spacial score (nSPS) is 10.6. The van der Waals surface area contributed by atoms with Gasteiger partial charge >= 0.3 is 0 Å². The Bertz CT molecular complexity index is 360. The van der Waals surface area contributed by atoms with Crippen LogP contribution in [0.15, 0.2) is 18.3 Å². The van der Waals surface area contributed by atoms with Gasteiger partial charge in [0, 0.05) is 6.54 Å². The average Bonchev–Trinajstić information content (AvgIpc) is 2.39. The van der Waals surface area contributed by atoms with E-state index in [2.05, 4.69) is 29.0 Å². The number of rotatable bonds is 7. The molecule has 0 aliphatic carbocycles. The predicted molar refractivity (Wildman–Crippen MR) is 73.4 cm³/mol. The van der Waals surface area contributed by atoms with Crippen molar-refractivity contribution in [3.63, 3.8) is 0 Å². The molecule has 1 aromatic heterocycles. The first-order valence-electron chi connectivity index (χ1n) is 6.39. The van der Waals surface area contributed by atoms with Gasteiger partial charge in [-0.2, -0.15) is 0 Å². The maximum atomic E-state index is 11.7. The second-order valence-electron chi connectivity index (χ2n) is 4.11. The molecule has 1 amide bonds. The maximum absolute atomic E-state index is 11.7. The Morgan fingerprint density at radius 2 is 2.11 bits per heavy atom. The fraction of sp³-hybridized carbons (Fsp3) is 0.538. The number of nitrogens with zero attached hydrogens (tertiary/aromatic N) is 2. The molecule has 0 bridgehead atoms. The molecule has 1 rings (SSSR count). The number of carbonyl (C=O) groups excluding carboxylic acids is 1. The van der Waals surface area contributed by atoms with Gasteiger partial charge in [-0.25, -0.2) is 4.98 Å². The summed E-state index contributed by atoms with van der Waals surface area (Å²) in [6.07, 6.45) is 2.44. The lowest BCUT2D eigenvalue weighted by Crippen LogP contribution is -2.30. The first-order valence-corrected chi connectivity index (χ1v) is 6.39. The highest BCUT2D eigenvalue weighted by Gasteiger charge is 2.06. The van der Waals surface area contributed by atoms with Crippen molar-refractivity contribution in [1.82, 2.24) is 15.2 Å². The molecule has 1 aromatic rings. The van der Waals surface area contributed by atoms with Crippen LogP contribution in [0.1, 0.15) is 30.8 Å². The predicted octanol–water partition coefficient (Wildman–Crippen LogP) is 1.13. The van der Waals surface area contributed by atoms with Gasteiger partial charge in [0.2, 0.25) is 0 Å². The molecule has 100 valence electrons. The summed E-state index contributed by atoms with van der Waals surface area (Å²) in [7, 11) is 0. The molecule has 0 spiro atoms. The van der Waals surface area contributed by atoms with E-state index in [1.165, 1.54) is 6.20 Å². The number of aromatic nitrogens is 1. The van der Waals surface area contributed by atoms with Gasteiger partial charge in [0.05, 0.1) is 11.9 Å². The van der Waals surface area contributed by atoms with Gasteiger partial charge in [0.1, 0.15) is 5.69 Å². The zero-order valence-electron chi connectivity index (χ0n) is 11.1. The Labute approximate surface area is 108 Å². The van der Waals surface area contributed by atoms with Crippen molar-refractivity contribution in [3.05, 3.63) is 24.0 Å². The van der Waals surface area contributed by atoms with Crippen LogP contribution < -0.4 is 11.1 Å². The molecule has 0 aromatic carbocycles. The molecule has 5 nitrogen and oxygen atoms in total. The number of anilines is 1. The summed E-state index contributed by atoms with van der Waals surface area (Å²) in [6, 6.07) is 3.31. The quantitative estimate of drug-likeness (QED) is 0.712. The molecular weight excluding hydrogens is 228 g/mol. The Morgan fingerprint density at radius 3 is 2.67 bits per heavy atom. The number of nitrogens with two attached hydrogens (primary N) is 1. The fourth-order valence-electron chi connectivity index (χ4n) is 1.67. The third kappa shape index (κ3) is 4.71. The van der Waals surface area contributed by atoms with Crippen LogP contribution in [0.25, 0.3) is 0 Å². The lowest BCUT2D eigenvalue weighted by Gasteiger charge is -2.17. The Hall–Kier alpha value is -1.62. The molecule has 0 saturated heterocycles. The highest BCUT2D eigenvalue weighted by atomic mass is 16.1. The third-order valence-corrected chi connectivity index (χ3v) is 2.85. The third-order valence-electron chi connectivity index (χ3n) is 2.85. The fourth-order valence-corrected chi connectivity index (χ4v) is 1.67. The van der Waals surface area contributed by atoms with E-state index in [1.807, 2.05) is 0 Å². The van der Waals surface area contributed by atoms with Gasteiger partial charge in [-0.05, 0) is 38.2 Å². The largest absolute Gasteiger partial charge is 0.397 e. The van der Waals surface area contributed by atoms with Crippen molar-refractivity contribution in [3.8, 4) is 0 Å². The molecule has 0 atom stereocenters. The first-order chi connectivity index (χ1) is 8.67. The highest BCUT2D eigenvalue weighted by molar-refractivity contribution is 5.92. The molecule has 1 heterocycles. The van der Waals surface area contributed by atoms with Crippen LogP contribution >= 0.6 is 0 Å². The molecule has 0 fully saturated rings. The van der Waals surface area contributed by atoms with Crippen molar-refractivity contribution in [1.29, 1.82) is 0 Å². The molecular formula is C13H22N4O. The molecule has 0 unspecified atom stereocenters. The van der Waals surface area contributed by atoms with E-state index in [0.717, 1.165) is 26.1 Å². The van der Waals surface area contributed by atoms with Crippen LogP contribution in [0, 0.1) is 0 Å². The van der Waals surface area contributed by atoms with Gasteiger partial charge < -0.3 is 16.0 Å². The number of nitrogen functional groups attached to an aromatic ring is 1. The van der Waals surface area contributed by atoms with E-state index in [-0.39, 0.29) is 5.91 Å². The summed E-state index contributed by atoms with van der Waals surface area (Å²) in [6.45, 7) is 8.04.